The van der Waals surface area contributed by atoms with Gasteiger partial charge in [-0.3, -0.25) is 9.59 Å². The number of hydrogen-bond donors (Lipinski definition) is 0. The van der Waals surface area contributed by atoms with Crippen LogP contribution in [0.1, 0.15) is 28.9 Å². The molecule has 1 atom stereocenters. The summed E-state index contributed by atoms with van der Waals surface area (Å²) in [5.41, 5.74) is 1.32. The van der Waals surface area contributed by atoms with E-state index in [1.807, 2.05) is 42.5 Å². The van der Waals surface area contributed by atoms with Crippen LogP contribution < -0.4 is 0 Å². The molecule has 0 bridgehead atoms. The van der Waals surface area contributed by atoms with E-state index in [2.05, 4.69) is 31.9 Å². The van der Waals surface area contributed by atoms with Crippen molar-refractivity contribution in [3.8, 4) is 0 Å². The van der Waals surface area contributed by atoms with E-state index in [0.29, 0.717) is 10.0 Å². The Balaban J connectivity index is 2.55. The molecule has 22 heavy (non-hydrogen) atoms. The van der Waals surface area contributed by atoms with Crippen molar-refractivity contribution in [2.75, 3.05) is 7.05 Å². The van der Waals surface area contributed by atoms with Gasteiger partial charge in [-0.25, -0.2) is 0 Å². The van der Waals surface area contributed by atoms with Gasteiger partial charge >= 0.3 is 0 Å². The van der Waals surface area contributed by atoms with Crippen LogP contribution in [0.25, 0.3) is 0 Å². The highest BCUT2D eigenvalue weighted by molar-refractivity contribution is 9.10. The molecule has 2 aromatic rings. The number of Topliss-reactive ketones (excluding diaryl/α,β-unsaturated/α-hetero) is 1. The second-order valence-corrected chi connectivity index (χ2v) is 6.61. The number of likely N-dealkylation sites (N-methyl/N-ethyl adjacent to an activating group) is 1. The molecule has 0 radical (unpaired) electrons. The number of amides is 1. The summed E-state index contributed by atoms with van der Waals surface area (Å²) in [6, 6.07) is 14.0. The molecule has 0 aliphatic carbocycles. The van der Waals surface area contributed by atoms with E-state index in [-0.39, 0.29) is 11.7 Å². The van der Waals surface area contributed by atoms with Gasteiger partial charge in [0.25, 0.3) is 0 Å². The van der Waals surface area contributed by atoms with E-state index in [1.165, 1.54) is 11.8 Å². The summed E-state index contributed by atoms with van der Waals surface area (Å²) >= 11 is 6.88. The molecule has 5 heteroatoms. The molecule has 0 spiro atoms. The second kappa shape index (κ2) is 7.20. The smallest absolute Gasteiger partial charge is 0.220 e. The van der Waals surface area contributed by atoms with E-state index in [4.69, 9.17) is 0 Å². The second-order valence-electron chi connectivity index (χ2n) is 4.90. The van der Waals surface area contributed by atoms with Crippen molar-refractivity contribution in [3.63, 3.8) is 0 Å². The van der Waals surface area contributed by atoms with Crippen LogP contribution in [0, 0.1) is 0 Å². The Labute approximate surface area is 146 Å². The van der Waals surface area contributed by atoms with Crippen LogP contribution in [0.2, 0.25) is 0 Å². The van der Waals surface area contributed by atoms with Crippen molar-refractivity contribution in [2.45, 2.75) is 13.0 Å². The minimum atomic E-state index is -0.674. The van der Waals surface area contributed by atoms with E-state index in [9.17, 15) is 9.59 Å². The topological polar surface area (TPSA) is 37.4 Å². The number of nitrogens with zero attached hydrogens (tertiary/aromatic N) is 1. The average molecular weight is 425 g/mol. The average Bonchev–Trinajstić information content (AvgIpc) is 2.49. The van der Waals surface area contributed by atoms with E-state index in [1.54, 1.807) is 13.1 Å². The lowest BCUT2D eigenvalue weighted by Gasteiger charge is -2.27. The maximum absolute atomic E-state index is 13.0. The Morgan fingerprint density at radius 1 is 0.955 bits per heavy atom. The van der Waals surface area contributed by atoms with Crippen LogP contribution in [0.5, 0.6) is 0 Å². The van der Waals surface area contributed by atoms with Gasteiger partial charge in [-0.2, -0.15) is 0 Å². The maximum Gasteiger partial charge on any atom is 0.220 e. The third-order valence-electron chi connectivity index (χ3n) is 3.47. The molecule has 2 rings (SSSR count). The Morgan fingerprint density at radius 3 is 2.05 bits per heavy atom. The molecule has 0 aliphatic rings. The number of carbonyl (C=O) groups excluding carboxylic acids is 2. The molecule has 3 nitrogen and oxygen atoms in total. The lowest BCUT2D eigenvalue weighted by molar-refractivity contribution is -0.129. The number of carbonyl (C=O) groups is 2. The van der Waals surface area contributed by atoms with Crippen molar-refractivity contribution < 1.29 is 9.59 Å². The van der Waals surface area contributed by atoms with Gasteiger partial charge in [0.2, 0.25) is 5.91 Å². The summed E-state index contributed by atoms with van der Waals surface area (Å²) in [7, 11) is 1.64. The van der Waals surface area contributed by atoms with Gasteiger partial charge in [0.1, 0.15) is 6.04 Å². The quantitative estimate of drug-likeness (QED) is 0.671. The van der Waals surface area contributed by atoms with Crippen LogP contribution in [0.15, 0.2) is 57.5 Å². The maximum atomic E-state index is 13.0. The van der Waals surface area contributed by atoms with Crippen molar-refractivity contribution in [1.29, 1.82) is 0 Å². The summed E-state index contributed by atoms with van der Waals surface area (Å²) in [6.07, 6.45) is 0. The molecule has 2 aromatic carbocycles. The van der Waals surface area contributed by atoms with Crippen LogP contribution in [0.3, 0.4) is 0 Å². The Morgan fingerprint density at radius 2 is 1.50 bits per heavy atom. The molecule has 0 saturated carbocycles. The zero-order valence-corrected chi connectivity index (χ0v) is 15.4. The fourth-order valence-corrected chi connectivity index (χ4v) is 3.19. The van der Waals surface area contributed by atoms with Crippen LogP contribution >= 0.6 is 31.9 Å². The van der Waals surface area contributed by atoms with Gasteiger partial charge in [0, 0.05) is 28.5 Å². The Bertz CT molecular complexity index is 715. The largest absolute Gasteiger partial charge is 0.331 e. The predicted octanol–water partition coefficient (Wildman–Crippen LogP) is 4.61. The minimum Gasteiger partial charge on any atom is -0.331 e. The third kappa shape index (κ3) is 3.47. The van der Waals surface area contributed by atoms with E-state index in [0.717, 1.165) is 10.0 Å². The first-order valence-electron chi connectivity index (χ1n) is 6.70. The van der Waals surface area contributed by atoms with Gasteiger partial charge in [-0.05, 0) is 17.7 Å². The lowest BCUT2D eigenvalue weighted by atomic mass is 9.96. The first-order valence-corrected chi connectivity index (χ1v) is 8.28. The Hall–Kier alpha value is -1.46. The minimum absolute atomic E-state index is 0.128. The van der Waals surface area contributed by atoms with Gasteiger partial charge < -0.3 is 4.90 Å². The van der Waals surface area contributed by atoms with Crippen molar-refractivity contribution in [3.05, 3.63) is 68.6 Å². The van der Waals surface area contributed by atoms with Crippen LogP contribution in [-0.2, 0) is 4.79 Å². The summed E-state index contributed by atoms with van der Waals surface area (Å²) in [6.45, 7) is 1.46. The molecular weight excluding hydrogens is 410 g/mol. The molecule has 0 heterocycles. The first kappa shape index (κ1) is 16.9. The zero-order valence-electron chi connectivity index (χ0n) is 12.2. The van der Waals surface area contributed by atoms with Crippen molar-refractivity contribution in [1.82, 2.24) is 4.90 Å². The first-order chi connectivity index (χ1) is 10.4. The highest BCUT2D eigenvalue weighted by atomic mass is 79.9. The highest BCUT2D eigenvalue weighted by Gasteiger charge is 2.30. The van der Waals surface area contributed by atoms with E-state index < -0.39 is 6.04 Å². The molecule has 0 saturated heterocycles. The zero-order chi connectivity index (χ0) is 16.3. The molecular formula is C17H15Br2NO2. The lowest BCUT2D eigenvalue weighted by Crippen LogP contribution is -2.34. The highest BCUT2D eigenvalue weighted by Crippen LogP contribution is 2.32. The van der Waals surface area contributed by atoms with Gasteiger partial charge in [0.05, 0.1) is 0 Å². The summed E-state index contributed by atoms with van der Waals surface area (Å²) in [5.74, 6) is -0.293. The van der Waals surface area contributed by atoms with Crippen LogP contribution in [0.4, 0.5) is 0 Å². The monoisotopic (exact) mass is 423 g/mol. The summed E-state index contributed by atoms with van der Waals surface area (Å²) < 4.78 is 1.52. The molecule has 1 amide bonds. The standard InChI is InChI=1S/C17H15Br2NO2/c1-11(21)20(2)16(12-7-3-5-9-14(12)18)17(22)13-8-4-6-10-15(13)19/h3-10,16H,1-2H3. The van der Waals surface area contributed by atoms with Gasteiger partial charge in [0.15, 0.2) is 5.78 Å². The molecule has 0 N–H and O–H groups in total. The number of halogens is 2. The predicted molar refractivity (Wildman–Crippen MR) is 93.8 cm³/mol. The van der Waals surface area contributed by atoms with Crippen LogP contribution in [-0.4, -0.2) is 23.6 Å². The Kier molecular flexibility index (Phi) is 5.53. The van der Waals surface area contributed by atoms with Crippen molar-refractivity contribution in [2.24, 2.45) is 0 Å². The SMILES string of the molecule is CC(=O)N(C)C(C(=O)c1ccccc1Br)c1ccccc1Br. The molecule has 114 valence electrons. The molecule has 0 fully saturated rings. The molecule has 0 aliphatic heterocycles. The summed E-state index contributed by atoms with van der Waals surface area (Å²) in [4.78, 5) is 26.3. The van der Waals surface area contributed by atoms with Crippen molar-refractivity contribution >= 4 is 43.6 Å². The summed E-state index contributed by atoms with van der Waals surface area (Å²) in [5, 5.41) is 0. The number of hydrogen-bond acceptors (Lipinski definition) is 2. The fourth-order valence-electron chi connectivity index (χ4n) is 2.21. The number of benzene rings is 2. The normalized spacial score (nSPS) is 11.8. The fraction of sp³-hybridized carbons (Fsp3) is 0.176. The third-order valence-corrected chi connectivity index (χ3v) is 4.89. The number of rotatable bonds is 4. The van der Waals surface area contributed by atoms with Gasteiger partial charge in [-0.1, -0.05) is 68.3 Å². The van der Waals surface area contributed by atoms with Gasteiger partial charge in [-0.15, -0.1) is 0 Å². The molecule has 1 unspecified atom stereocenters. The van der Waals surface area contributed by atoms with E-state index >= 15 is 0 Å². The molecule has 0 aromatic heterocycles. The number of ketones is 1.